The lowest BCUT2D eigenvalue weighted by molar-refractivity contribution is 0.103. The van der Waals surface area contributed by atoms with Crippen LogP contribution in [0.2, 0.25) is 0 Å². The van der Waals surface area contributed by atoms with Crippen molar-refractivity contribution in [1.82, 2.24) is 4.98 Å². The van der Waals surface area contributed by atoms with E-state index in [9.17, 15) is 9.59 Å². The number of aromatic amines is 1. The van der Waals surface area contributed by atoms with E-state index in [1.165, 1.54) is 6.20 Å². The van der Waals surface area contributed by atoms with Crippen LogP contribution < -0.4 is 5.56 Å². The number of nitriles is 1. The van der Waals surface area contributed by atoms with Crippen LogP contribution in [-0.4, -0.2) is 10.8 Å². The van der Waals surface area contributed by atoms with E-state index >= 15 is 0 Å². The van der Waals surface area contributed by atoms with E-state index in [4.69, 9.17) is 5.26 Å². The molecule has 0 aliphatic rings. The van der Waals surface area contributed by atoms with Crippen LogP contribution in [0.3, 0.4) is 0 Å². The molecule has 0 spiro atoms. The summed E-state index contributed by atoms with van der Waals surface area (Å²) in [6.07, 6.45) is 1.36. The van der Waals surface area contributed by atoms with Gasteiger partial charge in [0.25, 0.3) is 5.56 Å². The fraction of sp³-hybridized carbons (Fsp3) is 0.0714. The maximum absolute atomic E-state index is 12.2. The summed E-state index contributed by atoms with van der Waals surface area (Å²) in [6, 6.07) is 10.5. The van der Waals surface area contributed by atoms with Gasteiger partial charge in [-0.05, 0) is 12.5 Å². The van der Waals surface area contributed by atoms with Crippen molar-refractivity contribution in [2.24, 2.45) is 0 Å². The highest BCUT2D eigenvalue weighted by Crippen LogP contribution is 2.13. The summed E-state index contributed by atoms with van der Waals surface area (Å²) in [5.41, 5.74) is 0.792. The summed E-state index contributed by atoms with van der Waals surface area (Å²) in [7, 11) is 0. The standard InChI is InChI=1S/C14H10N2O2/c1-9-11(7-15)14(18)16-8-12(9)13(17)10-5-3-2-4-6-10/h2-6,8H,1H3,(H,16,18). The highest BCUT2D eigenvalue weighted by Gasteiger charge is 2.15. The third-order valence-electron chi connectivity index (χ3n) is 2.75. The number of pyridine rings is 1. The first-order valence-electron chi connectivity index (χ1n) is 5.37. The van der Waals surface area contributed by atoms with Crippen molar-refractivity contribution in [2.45, 2.75) is 6.92 Å². The molecule has 1 aromatic carbocycles. The lowest BCUT2D eigenvalue weighted by Crippen LogP contribution is -2.16. The Morgan fingerprint density at radius 2 is 1.94 bits per heavy atom. The Balaban J connectivity index is 2.58. The molecule has 18 heavy (non-hydrogen) atoms. The number of aromatic nitrogens is 1. The predicted molar refractivity (Wildman–Crippen MR) is 66.4 cm³/mol. The molecule has 0 fully saturated rings. The molecule has 0 saturated carbocycles. The molecule has 4 nitrogen and oxygen atoms in total. The van der Waals surface area contributed by atoms with Crippen LogP contribution in [0.15, 0.2) is 41.3 Å². The Labute approximate surface area is 104 Å². The van der Waals surface area contributed by atoms with Crippen LogP contribution in [0.4, 0.5) is 0 Å². The van der Waals surface area contributed by atoms with Gasteiger partial charge in [0.05, 0.1) is 0 Å². The van der Waals surface area contributed by atoms with Gasteiger partial charge in [0.1, 0.15) is 11.6 Å². The number of carbonyl (C=O) groups is 1. The number of carbonyl (C=O) groups excluding carboxylic acids is 1. The van der Waals surface area contributed by atoms with Gasteiger partial charge in [0, 0.05) is 17.3 Å². The number of benzene rings is 1. The van der Waals surface area contributed by atoms with Crippen molar-refractivity contribution >= 4 is 5.78 Å². The molecule has 4 heteroatoms. The number of H-pyrrole nitrogens is 1. The van der Waals surface area contributed by atoms with E-state index in [1.54, 1.807) is 31.2 Å². The zero-order chi connectivity index (χ0) is 13.1. The quantitative estimate of drug-likeness (QED) is 0.810. The second kappa shape index (κ2) is 4.68. The summed E-state index contributed by atoms with van der Waals surface area (Å²) < 4.78 is 0. The molecule has 1 N–H and O–H groups in total. The molecule has 2 aromatic rings. The molecule has 1 aromatic heterocycles. The summed E-state index contributed by atoms with van der Waals surface area (Å²) in [4.78, 5) is 26.0. The minimum atomic E-state index is -0.473. The molecular weight excluding hydrogens is 228 g/mol. The number of nitrogens with one attached hydrogen (secondary N) is 1. The molecule has 88 valence electrons. The maximum Gasteiger partial charge on any atom is 0.266 e. The monoisotopic (exact) mass is 238 g/mol. The number of rotatable bonds is 2. The number of ketones is 1. The Kier molecular flexibility index (Phi) is 3.07. The SMILES string of the molecule is Cc1c(C(=O)c2ccccc2)c[nH]c(=O)c1C#N. The van der Waals surface area contributed by atoms with Gasteiger partial charge in [0.15, 0.2) is 5.78 Å². The van der Waals surface area contributed by atoms with Crippen molar-refractivity contribution in [3.05, 3.63) is 69.1 Å². The van der Waals surface area contributed by atoms with Crippen LogP contribution >= 0.6 is 0 Å². The zero-order valence-electron chi connectivity index (χ0n) is 9.73. The normalized spacial score (nSPS) is 9.78. The molecule has 0 bridgehead atoms. The molecule has 2 rings (SSSR count). The first-order chi connectivity index (χ1) is 8.65. The van der Waals surface area contributed by atoms with Crippen LogP contribution in [-0.2, 0) is 0 Å². The largest absolute Gasteiger partial charge is 0.327 e. The van der Waals surface area contributed by atoms with Gasteiger partial charge in [-0.25, -0.2) is 0 Å². The lowest BCUT2D eigenvalue weighted by Gasteiger charge is -2.05. The molecule has 0 aliphatic heterocycles. The second-order valence-corrected chi connectivity index (χ2v) is 3.84. The van der Waals surface area contributed by atoms with Gasteiger partial charge in [-0.15, -0.1) is 0 Å². The van der Waals surface area contributed by atoms with Crippen molar-refractivity contribution in [3.63, 3.8) is 0 Å². The first kappa shape index (κ1) is 11.8. The molecule has 0 amide bonds. The van der Waals surface area contributed by atoms with Crippen LogP contribution in [0.5, 0.6) is 0 Å². The van der Waals surface area contributed by atoms with Crippen LogP contribution in [0.25, 0.3) is 0 Å². The van der Waals surface area contributed by atoms with E-state index in [-0.39, 0.29) is 11.3 Å². The topological polar surface area (TPSA) is 73.7 Å². The maximum atomic E-state index is 12.2. The third-order valence-corrected chi connectivity index (χ3v) is 2.75. The highest BCUT2D eigenvalue weighted by molar-refractivity contribution is 6.09. The summed E-state index contributed by atoms with van der Waals surface area (Å²) in [5.74, 6) is -0.208. The smallest absolute Gasteiger partial charge is 0.266 e. The molecule has 0 atom stereocenters. The predicted octanol–water partition coefficient (Wildman–Crippen LogP) is 1.79. The zero-order valence-corrected chi connectivity index (χ0v) is 9.73. The van der Waals surface area contributed by atoms with Gasteiger partial charge in [-0.3, -0.25) is 9.59 Å². The van der Waals surface area contributed by atoms with Crippen molar-refractivity contribution in [3.8, 4) is 6.07 Å². The average Bonchev–Trinajstić information content (AvgIpc) is 2.40. The number of hydrogen-bond acceptors (Lipinski definition) is 3. The molecule has 1 heterocycles. The third kappa shape index (κ3) is 1.94. The molecule has 0 unspecified atom stereocenters. The average molecular weight is 238 g/mol. The van der Waals surface area contributed by atoms with Crippen molar-refractivity contribution in [2.75, 3.05) is 0 Å². The summed E-state index contributed by atoms with van der Waals surface area (Å²) >= 11 is 0. The Bertz CT molecular complexity index is 694. The van der Waals surface area contributed by atoms with Gasteiger partial charge in [-0.1, -0.05) is 30.3 Å². The van der Waals surface area contributed by atoms with Crippen molar-refractivity contribution < 1.29 is 4.79 Å². The van der Waals surface area contributed by atoms with E-state index in [0.717, 1.165) is 0 Å². The van der Waals surface area contributed by atoms with Gasteiger partial charge in [0.2, 0.25) is 0 Å². The number of nitrogens with zero attached hydrogens (tertiary/aromatic N) is 1. The van der Waals surface area contributed by atoms with E-state index < -0.39 is 5.56 Å². The van der Waals surface area contributed by atoms with E-state index in [2.05, 4.69) is 4.98 Å². The second-order valence-electron chi connectivity index (χ2n) is 3.84. The van der Waals surface area contributed by atoms with E-state index in [0.29, 0.717) is 16.7 Å². The fourth-order valence-corrected chi connectivity index (χ4v) is 1.74. The summed E-state index contributed by atoms with van der Waals surface area (Å²) in [6.45, 7) is 1.60. The molecular formula is C14H10N2O2. The Morgan fingerprint density at radius 1 is 1.28 bits per heavy atom. The minimum Gasteiger partial charge on any atom is -0.327 e. The summed E-state index contributed by atoms with van der Waals surface area (Å²) in [5, 5.41) is 8.89. The van der Waals surface area contributed by atoms with Crippen LogP contribution in [0, 0.1) is 18.3 Å². The molecule has 0 saturated heterocycles. The fourth-order valence-electron chi connectivity index (χ4n) is 1.74. The first-order valence-corrected chi connectivity index (χ1v) is 5.37. The van der Waals surface area contributed by atoms with Crippen molar-refractivity contribution in [1.29, 1.82) is 5.26 Å². The van der Waals surface area contributed by atoms with Gasteiger partial charge in [-0.2, -0.15) is 5.26 Å². The van der Waals surface area contributed by atoms with Crippen LogP contribution in [0.1, 0.15) is 27.0 Å². The lowest BCUT2D eigenvalue weighted by atomic mass is 9.98. The van der Waals surface area contributed by atoms with Gasteiger partial charge < -0.3 is 4.98 Å². The molecule has 0 radical (unpaired) electrons. The van der Waals surface area contributed by atoms with Gasteiger partial charge >= 0.3 is 0 Å². The molecule has 0 aliphatic carbocycles. The number of hydrogen-bond donors (Lipinski definition) is 1. The Hall–Kier alpha value is -2.67. The highest BCUT2D eigenvalue weighted by atomic mass is 16.1. The minimum absolute atomic E-state index is 0.0169. The van der Waals surface area contributed by atoms with E-state index in [1.807, 2.05) is 12.1 Å². The Morgan fingerprint density at radius 3 is 2.56 bits per heavy atom.